The fourth-order valence-corrected chi connectivity index (χ4v) is 4.31. The van der Waals surface area contributed by atoms with E-state index in [-0.39, 0.29) is 0 Å². The van der Waals surface area contributed by atoms with Crippen molar-refractivity contribution in [3.05, 3.63) is 108 Å². The van der Waals surface area contributed by atoms with Crippen LogP contribution in [0.1, 0.15) is 11.1 Å². The number of fused-ring (bicyclic) bond motifs is 2. The van der Waals surface area contributed by atoms with Crippen molar-refractivity contribution in [1.29, 1.82) is 0 Å². The van der Waals surface area contributed by atoms with Gasteiger partial charge in [0.05, 0.1) is 0 Å². The smallest absolute Gasteiger partial charge is 0.161 e. The van der Waals surface area contributed by atoms with E-state index < -0.39 is 0 Å². The van der Waals surface area contributed by atoms with Gasteiger partial charge < -0.3 is 24.0 Å². The van der Waals surface area contributed by atoms with E-state index in [1.165, 1.54) is 0 Å². The molecule has 2 heterocycles. The molecule has 0 bridgehead atoms. The second-order valence-corrected chi connectivity index (χ2v) is 8.25. The normalized spacial score (nSPS) is 14.5. The summed E-state index contributed by atoms with van der Waals surface area (Å²) in [6.07, 6.45) is 0. The molecule has 0 aromatic heterocycles. The van der Waals surface area contributed by atoms with E-state index in [9.17, 15) is 0 Å². The van der Waals surface area contributed by atoms with Gasteiger partial charge in [0.25, 0.3) is 0 Å². The molecule has 164 valence electrons. The zero-order valence-electron chi connectivity index (χ0n) is 18.2. The molecule has 5 nitrogen and oxygen atoms in total. The van der Waals surface area contributed by atoms with Gasteiger partial charge in [0.2, 0.25) is 0 Å². The van der Waals surface area contributed by atoms with Gasteiger partial charge in [-0.3, -0.25) is 0 Å². The fourth-order valence-electron chi connectivity index (χ4n) is 4.31. The number of hydrogen-bond acceptors (Lipinski definition) is 5. The minimum absolute atomic E-state index is 0.542. The van der Waals surface area contributed by atoms with Crippen molar-refractivity contribution in [3.8, 4) is 23.0 Å². The predicted molar refractivity (Wildman–Crippen MR) is 129 cm³/mol. The van der Waals surface area contributed by atoms with Crippen LogP contribution in [0.2, 0.25) is 0 Å². The Hall–Kier alpha value is -4.12. The van der Waals surface area contributed by atoms with Crippen molar-refractivity contribution in [2.24, 2.45) is 0 Å². The third-order valence-electron chi connectivity index (χ3n) is 6.02. The third-order valence-corrected chi connectivity index (χ3v) is 6.02. The predicted octanol–water partition coefficient (Wildman–Crippen LogP) is 6.19. The molecular formula is C28H24N2O3. The van der Waals surface area contributed by atoms with E-state index in [4.69, 9.17) is 14.2 Å². The molecule has 6 rings (SSSR count). The lowest BCUT2D eigenvalue weighted by molar-refractivity contribution is 0.288. The first-order valence-electron chi connectivity index (χ1n) is 11.1. The van der Waals surface area contributed by atoms with Gasteiger partial charge in [-0.05, 0) is 60.7 Å². The molecule has 0 amide bonds. The quantitative estimate of drug-likeness (QED) is 0.381. The lowest BCUT2D eigenvalue weighted by Crippen LogP contribution is -2.31. The van der Waals surface area contributed by atoms with E-state index in [0.717, 1.165) is 58.6 Å². The highest BCUT2D eigenvalue weighted by Gasteiger charge is 2.20. The van der Waals surface area contributed by atoms with Crippen molar-refractivity contribution >= 4 is 11.4 Å². The number of anilines is 2. The summed E-state index contributed by atoms with van der Waals surface area (Å²) in [6.45, 7) is 2.64. The molecule has 2 aliphatic rings. The van der Waals surface area contributed by atoms with Gasteiger partial charge >= 0.3 is 0 Å². The zero-order valence-corrected chi connectivity index (χ0v) is 18.2. The average Bonchev–Trinajstić information content (AvgIpc) is 2.89. The monoisotopic (exact) mass is 436 g/mol. The molecule has 4 aromatic rings. The maximum absolute atomic E-state index is 6.24. The van der Waals surface area contributed by atoms with E-state index >= 15 is 0 Å². The summed E-state index contributed by atoms with van der Waals surface area (Å²) in [5.41, 5.74) is 4.51. The Bertz CT molecular complexity index is 1160. The van der Waals surface area contributed by atoms with Crippen molar-refractivity contribution < 1.29 is 14.2 Å². The summed E-state index contributed by atoms with van der Waals surface area (Å²) >= 11 is 0. The van der Waals surface area contributed by atoms with Crippen LogP contribution >= 0.6 is 0 Å². The molecule has 33 heavy (non-hydrogen) atoms. The molecule has 0 saturated heterocycles. The molecule has 0 fully saturated rings. The molecular weight excluding hydrogens is 412 g/mol. The Morgan fingerprint density at radius 3 is 1.45 bits per heavy atom. The molecule has 0 radical (unpaired) electrons. The molecule has 0 aliphatic carbocycles. The van der Waals surface area contributed by atoms with Crippen LogP contribution in [0.4, 0.5) is 11.4 Å². The first-order chi connectivity index (χ1) is 16.3. The van der Waals surface area contributed by atoms with Crippen LogP contribution in [0.25, 0.3) is 0 Å². The second kappa shape index (κ2) is 8.43. The van der Waals surface area contributed by atoms with Gasteiger partial charge in [-0.1, -0.05) is 36.4 Å². The highest BCUT2D eigenvalue weighted by Crippen LogP contribution is 2.35. The Morgan fingerprint density at radius 2 is 1.00 bits per heavy atom. The molecule has 0 unspecified atom stereocenters. The van der Waals surface area contributed by atoms with Gasteiger partial charge in [-0.25, -0.2) is 0 Å². The Kier molecular flexibility index (Phi) is 5.00. The zero-order chi connectivity index (χ0) is 22.0. The Labute approximate surface area is 193 Å². The lowest BCUT2D eigenvalue weighted by Gasteiger charge is -2.31. The van der Waals surface area contributed by atoms with Crippen LogP contribution in [-0.4, -0.2) is 13.5 Å². The van der Waals surface area contributed by atoms with Crippen molar-refractivity contribution in [2.45, 2.75) is 13.1 Å². The van der Waals surface area contributed by atoms with E-state index in [1.807, 2.05) is 60.7 Å². The van der Waals surface area contributed by atoms with Crippen molar-refractivity contribution in [2.75, 3.05) is 23.3 Å². The second-order valence-electron chi connectivity index (χ2n) is 8.25. The number of nitrogens with zero attached hydrogens (tertiary/aromatic N) is 2. The summed E-state index contributed by atoms with van der Waals surface area (Å²) < 4.78 is 18.2. The first-order valence-corrected chi connectivity index (χ1v) is 11.1. The van der Waals surface area contributed by atoms with Crippen LogP contribution in [-0.2, 0) is 13.1 Å². The highest BCUT2D eigenvalue weighted by molar-refractivity contribution is 5.53. The highest BCUT2D eigenvalue weighted by atomic mass is 16.5. The van der Waals surface area contributed by atoms with Gasteiger partial charge in [0.1, 0.15) is 23.0 Å². The third kappa shape index (κ3) is 4.05. The van der Waals surface area contributed by atoms with Crippen molar-refractivity contribution in [3.63, 3.8) is 0 Å². The van der Waals surface area contributed by atoms with Gasteiger partial charge in [0.15, 0.2) is 13.5 Å². The van der Waals surface area contributed by atoms with E-state index in [0.29, 0.717) is 13.5 Å². The fraction of sp³-hybridized carbons (Fsp3) is 0.143. The summed E-state index contributed by atoms with van der Waals surface area (Å²) in [5, 5.41) is 0. The van der Waals surface area contributed by atoms with Crippen molar-refractivity contribution in [1.82, 2.24) is 0 Å². The first kappa shape index (κ1) is 19.6. The molecule has 4 aromatic carbocycles. The van der Waals surface area contributed by atoms with Crippen LogP contribution < -0.4 is 24.0 Å². The molecule has 0 N–H and O–H groups in total. The minimum Gasteiger partial charge on any atom is -0.473 e. The molecule has 5 heteroatoms. The number of para-hydroxylation sites is 2. The standard InChI is InChI=1S/C28H24N2O3/c1-3-7-23(8-4-1)29-17-21-15-25(11-13-27(21)31-19-29)33-26-12-14-28-22(16-26)18-30(20-32-28)24-9-5-2-6-10-24/h1-16H,17-20H2. The SMILES string of the molecule is c1ccc(N2COc3ccc(Oc4ccc5c(c4)CN(c4ccccc4)CO5)cc3C2)cc1. The largest absolute Gasteiger partial charge is 0.473 e. The van der Waals surface area contributed by atoms with Crippen LogP contribution in [0.5, 0.6) is 23.0 Å². The van der Waals surface area contributed by atoms with Crippen LogP contribution in [0.3, 0.4) is 0 Å². The minimum atomic E-state index is 0.542. The van der Waals surface area contributed by atoms with Gasteiger partial charge in [0, 0.05) is 35.6 Å². The maximum Gasteiger partial charge on any atom is 0.161 e. The number of ether oxygens (including phenoxy) is 3. The Morgan fingerprint density at radius 1 is 0.545 bits per heavy atom. The number of benzene rings is 4. The summed E-state index contributed by atoms with van der Waals surface area (Å²) in [4.78, 5) is 4.42. The van der Waals surface area contributed by atoms with Crippen LogP contribution in [0.15, 0.2) is 97.1 Å². The maximum atomic E-state index is 6.24. The average molecular weight is 437 g/mol. The van der Waals surface area contributed by atoms with E-state index in [1.54, 1.807) is 0 Å². The summed E-state index contributed by atoms with van der Waals surface area (Å²) in [7, 11) is 0. The number of hydrogen-bond donors (Lipinski definition) is 0. The topological polar surface area (TPSA) is 34.2 Å². The molecule has 2 aliphatic heterocycles. The summed E-state index contributed by atoms with van der Waals surface area (Å²) in [6, 6.07) is 32.7. The summed E-state index contributed by atoms with van der Waals surface area (Å²) in [5.74, 6) is 3.41. The van der Waals surface area contributed by atoms with Gasteiger partial charge in [-0.15, -0.1) is 0 Å². The van der Waals surface area contributed by atoms with Gasteiger partial charge in [-0.2, -0.15) is 0 Å². The molecule has 0 spiro atoms. The van der Waals surface area contributed by atoms with E-state index in [2.05, 4.69) is 46.2 Å². The Balaban J connectivity index is 1.20. The lowest BCUT2D eigenvalue weighted by atomic mass is 10.1. The molecule has 0 atom stereocenters. The number of rotatable bonds is 4. The van der Waals surface area contributed by atoms with Crippen LogP contribution in [0, 0.1) is 0 Å². The molecule has 0 saturated carbocycles.